The SMILES string of the molecule is CC[C@@H](O)c1nc2ccccc2n1CCCOc1cc(C)cc(C)c1. The number of nitrogens with zero attached hydrogens (tertiary/aromatic N) is 2. The Bertz CT molecular complexity index is 834. The Morgan fingerprint density at radius 3 is 2.56 bits per heavy atom. The van der Waals surface area contributed by atoms with Gasteiger partial charge in [0, 0.05) is 6.54 Å². The van der Waals surface area contributed by atoms with Gasteiger partial charge in [-0.25, -0.2) is 4.98 Å². The number of hydrogen-bond acceptors (Lipinski definition) is 3. The second-order valence-electron chi connectivity index (χ2n) is 6.56. The molecule has 0 saturated carbocycles. The number of imidazole rings is 1. The zero-order valence-corrected chi connectivity index (χ0v) is 15.2. The average molecular weight is 338 g/mol. The van der Waals surface area contributed by atoms with Gasteiger partial charge in [0.2, 0.25) is 0 Å². The number of para-hydroxylation sites is 2. The van der Waals surface area contributed by atoms with E-state index in [1.165, 1.54) is 11.1 Å². The third kappa shape index (κ3) is 4.02. The first-order valence-corrected chi connectivity index (χ1v) is 8.93. The van der Waals surface area contributed by atoms with Gasteiger partial charge in [0.25, 0.3) is 0 Å². The van der Waals surface area contributed by atoms with Crippen LogP contribution in [0.2, 0.25) is 0 Å². The predicted molar refractivity (Wildman–Crippen MR) is 101 cm³/mol. The molecule has 0 spiro atoms. The van der Waals surface area contributed by atoms with Crippen molar-refractivity contribution in [1.29, 1.82) is 0 Å². The maximum atomic E-state index is 10.3. The molecule has 0 fully saturated rings. The topological polar surface area (TPSA) is 47.3 Å². The highest BCUT2D eigenvalue weighted by Crippen LogP contribution is 2.23. The van der Waals surface area contributed by atoms with E-state index in [1.54, 1.807) is 0 Å². The molecule has 132 valence electrons. The van der Waals surface area contributed by atoms with Crippen LogP contribution in [-0.4, -0.2) is 21.3 Å². The molecule has 0 unspecified atom stereocenters. The van der Waals surface area contributed by atoms with Crippen LogP contribution in [0.25, 0.3) is 11.0 Å². The molecule has 3 aromatic rings. The van der Waals surface area contributed by atoms with Crippen molar-refractivity contribution in [2.75, 3.05) is 6.61 Å². The van der Waals surface area contributed by atoms with Gasteiger partial charge >= 0.3 is 0 Å². The molecule has 0 aliphatic heterocycles. The molecular weight excluding hydrogens is 312 g/mol. The van der Waals surface area contributed by atoms with Gasteiger partial charge in [-0.3, -0.25) is 0 Å². The van der Waals surface area contributed by atoms with Crippen molar-refractivity contribution in [3.05, 3.63) is 59.4 Å². The van der Waals surface area contributed by atoms with Crippen molar-refractivity contribution in [3.8, 4) is 5.75 Å². The second kappa shape index (κ2) is 7.70. The minimum atomic E-state index is -0.534. The monoisotopic (exact) mass is 338 g/mol. The van der Waals surface area contributed by atoms with Gasteiger partial charge in [-0.05, 0) is 62.1 Å². The van der Waals surface area contributed by atoms with Gasteiger partial charge in [0.1, 0.15) is 17.7 Å². The molecule has 0 aliphatic carbocycles. The van der Waals surface area contributed by atoms with Gasteiger partial charge in [0.05, 0.1) is 17.6 Å². The first-order chi connectivity index (χ1) is 12.1. The van der Waals surface area contributed by atoms with Crippen LogP contribution >= 0.6 is 0 Å². The van der Waals surface area contributed by atoms with E-state index < -0.39 is 6.10 Å². The third-order valence-electron chi connectivity index (χ3n) is 4.36. The number of benzene rings is 2. The summed E-state index contributed by atoms with van der Waals surface area (Å²) in [6, 6.07) is 14.3. The van der Waals surface area contributed by atoms with Gasteiger partial charge in [-0.1, -0.05) is 25.1 Å². The molecule has 0 saturated heterocycles. The molecule has 0 amide bonds. The standard InChI is InChI=1S/C21H26N2O2/c1-4-20(24)21-22-18-8-5-6-9-19(18)23(21)10-7-11-25-17-13-15(2)12-16(3)14-17/h5-6,8-9,12-14,20,24H,4,7,10-11H2,1-3H3/t20-/m1/s1. The van der Waals surface area contributed by atoms with Gasteiger partial charge < -0.3 is 14.4 Å². The van der Waals surface area contributed by atoms with Crippen LogP contribution in [0.4, 0.5) is 0 Å². The molecule has 0 aliphatic rings. The van der Waals surface area contributed by atoms with Crippen molar-refractivity contribution in [2.24, 2.45) is 0 Å². The summed E-state index contributed by atoms with van der Waals surface area (Å²) in [5.41, 5.74) is 4.42. The summed E-state index contributed by atoms with van der Waals surface area (Å²) in [5.74, 6) is 1.66. The predicted octanol–water partition coefficient (Wildman–Crippen LogP) is 4.57. The summed E-state index contributed by atoms with van der Waals surface area (Å²) in [5, 5.41) is 10.3. The van der Waals surface area contributed by atoms with E-state index in [9.17, 15) is 5.11 Å². The Hall–Kier alpha value is -2.33. The number of ether oxygens (including phenoxy) is 1. The molecule has 1 aromatic heterocycles. The van der Waals surface area contributed by atoms with E-state index in [0.717, 1.165) is 35.6 Å². The van der Waals surface area contributed by atoms with Crippen LogP contribution in [-0.2, 0) is 6.54 Å². The molecule has 1 heterocycles. The fourth-order valence-corrected chi connectivity index (χ4v) is 3.20. The van der Waals surface area contributed by atoms with E-state index in [2.05, 4.69) is 47.7 Å². The van der Waals surface area contributed by atoms with Gasteiger partial charge in [-0.2, -0.15) is 0 Å². The van der Waals surface area contributed by atoms with Crippen molar-refractivity contribution in [3.63, 3.8) is 0 Å². The highest BCUT2D eigenvalue weighted by Gasteiger charge is 2.16. The first-order valence-electron chi connectivity index (χ1n) is 8.93. The number of hydrogen-bond donors (Lipinski definition) is 1. The van der Waals surface area contributed by atoms with Crippen LogP contribution < -0.4 is 4.74 Å². The molecule has 2 aromatic carbocycles. The number of aliphatic hydroxyl groups excluding tert-OH is 1. The quantitative estimate of drug-likeness (QED) is 0.642. The fraction of sp³-hybridized carbons (Fsp3) is 0.381. The average Bonchev–Trinajstić information content (AvgIpc) is 2.96. The summed E-state index contributed by atoms with van der Waals surface area (Å²) in [6.07, 6.45) is 0.979. The Kier molecular flexibility index (Phi) is 5.39. The second-order valence-corrected chi connectivity index (χ2v) is 6.56. The lowest BCUT2D eigenvalue weighted by Gasteiger charge is -2.13. The number of aryl methyl sites for hydroxylation is 3. The lowest BCUT2D eigenvalue weighted by molar-refractivity contribution is 0.158. The largest absolute Gasteiger partial charge is 0.494 e. The Morgan fingerprint density at radius 1 is 1.12 bits per heavy atom. The Morgan fingerprint density at radius 2 is 1.84 bits per heavy atom. The summed E-state index contributed by atoms with van der Waals surface area (Å²) in [6.45, 7) is 7.54. The van der Waals surface area contributed by atoms with E-state index in [4.69, 9.17) is 4.74 Å². The molecule has 25 heavy (non-hydrogen) atoms. The van der Waals surface area contributed by atoms with Crippen LogP contribution in [0.5, 0.6) is 5.75 Å². The molecule has 1 atom stereocenters. The molecule has 3 rings (SSSR count). The number of aromatic nitrogens is 2. The normalized spacial score (nSPS) is 12.5. The summed E-state index contributed by atoms with van der Waals surface area (Å²) >= 11 is 0. The van der Waals surface area contributed by atoms with E-state index in [0.29, 0.717) is 13.0 Å². The van der Waals surface area contributed by atoms with Crippen LogP contribution in [0.15, 0.2) is 42.5 Å². The molecule has 1 N–H and O–H groups in total. The van der Waals surface area contributed by atoms with E-state index in [-0.39, 0.29) is 0 Å². The minimum absolute atomic E-state index is 0.534. The third-order valence-corrected chi connectivity index (χ3v) is 4.36. The summed E-state index contributed by atoms with van der Waals surface area (Å²) < 4.78 is 8.03. The van der Waals surface area contributed by atoms with Crippen LogP contribution in [0.3, 0.4) is 0 Å². The molecule has 4 heteroatoms. The molecular formula is C21H26N2O2. The van der Waals surface area contributed by atoms with E-state index in [1.807, 2.05) is 25.1 Å². The number of aliphatic hydroxyl groups is 1. The Labute approximate surface area is 149 Å². The highest BCUT2D eigenvalue weighted by atomic mass is 16.5. The summed E-state index contributed by atoms with van der Waals surface area (Å²) in [7, 11) is 0. The number of fused-ring (bicyclic) bond motifs is 1. The van der Waals surface area contributed by atoms with Crippen molar-refractivity contribution in [1.82, 2.24) is 9.55 Å². The first kappa shape index (κ1) is 17.5. The minimum Gasteiger partial charge on any atom is -0.494 e. The zero-order chi connectivity index (χ0) is 17.8. The van der Waals surface area contributed by atoms with Crippen molar-refractivity contribution in [2.45, 2.75) is 46.3 Å². The zero-order valence-electron chi connectivity index (χ0n) is 15.2. The maximum Gasteiger partial charge on any atom is 0.138 e. The maximum absolute atomic E-state index is 10.3. The Balaban J connectivity index is 1.70. The fourth-order valence-electron chi connectivity index (χ4n) is 3.20. The molecule has 0 bridgehead atoms. The molecule has 0 radical (unpaired) electrons. The van der Waals surface area contributed by atoms with Crippen molar-refractivity contribution >= 4 is 11.0 Å². The summed E-state index contributed by atoms with van der Waals surface area (Å²) in [4.78, 5) is 4.62. The highest BCUT2D eigenvalue weighted by molar-refractivity contribution is 5.76. The number of rotatable bonds is 7. The lowest BCUT2D eigenvalue weighted by atomic mass is 10.1. The van der Waals surface area contributed by atoms with Gasteiger partial charge in [-0.15, -0.1) is 0 Å². The van der Waals surface area contributed by atoms with E-state index >= 15 is 0 Å². The lowest BCUT2D eigenvalue weighted by Crippen LogP contribution is -2.11. The van der Waals surface area contributed by atoms with Crippen LogP contribution in [0, 0.1) is 13.8 Å². The molecule has 4 nitrogen and oxygen atoms in total. The van der Waals surface area contributed by atoms with Crippen LogP contribution in [0.1, 0.15) is 42.8 Å². The smallest absolute Gasteiger partial charge is 0.138 e. The van der Waals surface area contributed by atoms with Gasteiger partial charge in [0.15, 0.2) is 0 Å². The van der Waals surface area contributed by atoms with Crippen molar-refractivity contribution < 1.29 is 9.84 Å².